The summed E-state index contributed by atoms with van der Waals surface area (Å²) < 4.78 is 2.16. The first kappa shape index (κ1) is 20.5. The molecular formula is C28H27N2O+. The number of nitrogens with zero attached hydrogens (tertiary/aromatic N) is 2. The molecule has 3 nitrogen and oxygen atoms in total. The highest BCUT2D eigenvalue weighted by molar-refractivity contribution is 5.85. The summed E-state index contributed by atoms with van der Waals surface area (Å²) in [5.41, 5.74) is 3.41. The molecule has 0 aromatic heterocycles. The number of amides is 1. The standard InChI is InChI=1S/C28H27N2O/c1-29-27(20-19-24-14-7-3-8-15-24)30(21-11-18-23-12-5-2-6-13-23)26(28(29)31)22-25-16-9-4-10-17-25/h2-21,26-27H,22H2,1H3/q+1/b18-11+,20-19+,30-21+/t26-,27+/m0/s1. The van der Waals surface area contributed by atoms with Crippen molar-refractivity contribution in [3.8, 4) is 0 Å². The van der Waals surface area contributed by atoms with Gasteiger partial charge < -0.3 is 0 Å². The Morgan fingerprint density at radius 2 is 1.35 bits per heavy atom. The van der Waals surface area contributed by atoms with E-state index >= 15 is 0 Å². The van der Waals surface area contributed by atoms with Crippen molar-refractivity contribution >= 4 is 24.3 Å². The van der Waals surface area contributed by atoms with Crippen LogP contribution in [0.3, 0.4) is 0 Å². The number of hydrogen-bond donors (Lipinski definition) is 0. The molecule has 2 atom stereocenters. The quantitative estimate of drug-likeness (QED) is 0.533. The molecule has 0 spiro atoms. The van der Waals surface area contributed by atoms with Crippen LogP contribution in [0.15, 0.2) is 103 Å². The number of allylic oxidation sites excluding steroid dienone is 1. The fourth-order valence-corrected chi connectivity index (χ4v) is 3.91. The maximum Gasteiger partial charge on any atom is 0.296 e. The van der Waals surface area contributed by atoms with Gasteiger partial charge in [-0.15, -0.1) is 0 Å². The van der Waals surface area contributed by atoms with Gasteiger partial charge in [0.15, 0.2) is 6.21 Å². The Morgan fingerprint density at radius 3 is 1.97 bits per heavy atom. The Morgan fingerprint density at radius 1 is 0.806 bits per heavy atom. The van der Waals surface area contributed by atoms with E-state index in [4.69, 9.17) is 0 Å². The van der Waals surface area contributed by atoms with Gasteiger partial charge in [-0.1, -0.05) is 97.1 Å². The van der Waals surface area contributed by atoms with Gasteiger partial charge in [-0.3, -0.25) is 9.69 Å². The Bertz CT molecular complexity index is 1090. The van der Waals surface area contributed by atoms with Crippen molar-refractivity contribution in [3.63, 3.8) is 0 Å². The van der Waals surface area contributed by atoms with E-state index in [9.17, 15) is 4.79 Å². The van der Waals surface area contributed by atoms with Gasteiger partial charge in [0.2, 0.25) is 6.04 Å². The van der Waals surface area contributed by atoms with Gasteiger partial charge in [-0.05, 0) is 22.8 Å². The van der Waals surface area contributed by atoms with Gasteiger partial charge >= 0.3 is 0 Å². The summed E-state index contributed by atoms with van der Waals surface area (Å²) in [6.45, 7) is 0. The number of likely N-dealkylation sites (N-methyl/N-ethyl adjacent to an activating group) is 1. The second kappa shape index (κ2) is 9.86. The lowest BCUT2D eigenvalue weighted by molar-refractivity contribution is -0.568. The minimum Gasteiger partial charge on any atom is -0.278 e. The van der Waals surface area contributed by atoms with Crippen molar-refractivity contribution < 1.29 is 9.37 Å². The van der Waals surface area contributed by atoms with Gasteiger partial charge in [-0.2, -0.15) is 4.58 Å². The monoisotopic (exact) mass is 407 g/mol. The third-order valence-electron chi connectivity index (χ3n) is 5.57. The molecule has 0 bridgehead atoms. The molecule has 3 heteroatoms. The highest BCUT2D eigenvalue weighted by atomic mass is 16.2. The number of rotatable bonds is 6. The topological polar surface area (TPSA) is 23.3 Å². The zero-order chi connectivity index (χ0) is 21.5. The van der Waals surface area contributed by atoms with Crippen molar-refractivity contribution in [3.05, 3.63) is 120 Å². The molecule has 1 aliphatic heterocycles. The maximum atomic E-state index is 13.2. The summed E-state index contributed by atoms with van der Waals surface area (Å²) in [6, 6.07) is 30.4. The average Bonchev–Trinajstić information content (AvgIpc) is 3.04. The van der Waals surface area contributed by atoms with Crippen molar-refractivity contribution in [1.82, 2.24) is 4.90 Å². The summed E-state index contributed by atoms with van der Waals surface area (Å²) in [5.74, 6) is 0.135. The van der Waals surface area contributed by atoms with Crippen molar-refractivity contribution in [2.24, 2.45) is 0 Å². The predicted octanol–water partition coefficient (Wildman–Crippen LogP) is 4.91. The Balaban J connectivity index is 1.66. The van der Waals surface area contributed by atoms with Gasteiger partial charge in [-0.25, -0.2) is 0 Å². The molecule has 1 aliphatic rings. The van der Waals surface area contributed by atoms with Crippen molar-refractivity contribution in [2.45, 2.75) is 18.6 Å². The van der Waals surface area contributed by atoms with E-state index in [0.717, 1.165) is 16.7 Å². The van der Waals surface area contributed by atoms with E-state index in [1.807, 2.05) is 78.8 Å². The lowest BCUT2D eigenvalue weighted by Gasteiger charge is -2.11. The summed E-state index contributed by atoms with van der Waals surface area (Å²) in [4.78, 5) is 15.0. The highest BCUT2D eigenvalue weighted by Crippen LogP contribution is 2.21. The van der Waals surface area contributed by atoms with Gasteiger partial charge in [0.05, 0.1) is 0 Å². The lowest BCUT2D eigenvalue weighted by atomic mass is 10.1. The first-order chi connectivity index (χ1) is 15.2. The molecule has 1 heterocycles. The van der Waals surface area contributed by atoms with Crippen LogP contribution in [-0.4, -0.2) is 40.9 Å². The van der Waals surface area contributed by atoms with Gasteiger partial charge in [0.25, 0.3) is 12.1 Å². The minimum atomic E-state index is -0.238. The van der Waals surface area contributed by atoms with Crippen LogP contribution in [0.25, 0.3) is 12.2 Å². The maximum absolute atomic E-state index is 13.2. The summed E-state index contributed by atoms with van der Waals surface area (Å²) in [7, 11) is 1.88. The van der Waals surface area contributed by atoms with Crippen LogP contribution in [0.2, 0.25) is 0 Å². The van der Waals surface area contributed by atoms with E-state index in [1.165, 1.54) is 0 Å². The van der Waals surface area contributed by atoms with Crippen molar-refractivity contribution in [2.75, 3.05) is 7.05 Å². The smallest absolute Gasteiger partial charge is 0.278 e. The summed E-state index contributed by atoms with van der Waals surface area (Å²) in [6.07, 6.45) is 10.9. The molecule has 1 saturated heterocycles. The highest BCUT2D eigenvalue weighted by Gasteiger charge is 2.46. The molecule has 0 saturated carbocycles. The fourth-order valence-electron chi connectivity index (χ4n) is 3.91. The zero-order valence-corrected chi connectivity index (χ0v) is 17.7. The predicted molar refractivity (Wildman–Crippen MR) is 128 cm³/mol. The Labute approximate surface area is 184 Å². The second-order valence-electron chi connectivity index (χ2n) is 7.70. The van der Waals surface area contributed by atoms with E-state index in [0.29, 0.717) is 6.42 Å². The third kappa shape index (κ3) is 5.07. The normalized spacial score (nSPS) is 20.4. The van der Waals surface area contributed by atoms with Crippen LogP contribution >= 0.6 is 0 Å². The fraction of sp³-hybridized carbons (Fsp3) is 0.143. The molecule has 1 fully saturated rings. The van der Waals surface area contributed by atoms with Crippen LogP contribution in [-0.2, 0) is 11.2 Å². The summed E-state index contributed by atoms with van der Waals surface area (Å²) in [5, 5.41) is 0. The van der Waals surface area contributed by atoms with E-state index < -0.39 is 0 Å². The van der Waals surface area contributed by atoms with Crippen LogP contribution in [0.5, 0.6) is 0 Å². The Hall–Kier alpha value is -3.72. The Kier molecular flexibility index (Phi) is 6.53. The molecule has 31 heavy (non-hydrogen) atoms. The first-order valence-electron chi connectivity index (χ1n) is 10.6. The number of benzene rings is 3. The summed E-state index contributed by atoms with van der Waals surface area (Å²) >= 11 is 0. The van der Waals surface area contributed by atoms with Crippen LogP contribution in [0.1, 0.15) is 16.7 Å². The minimum absolute atomic E-state index is 0.135. The van der Waals surface area contributed by atoms with Crippen molar-refractivity contribution in [1.29, 1.82) is 0 Å². The molecule has 0 aliphatic carbocycles. The molecule has 1 amide bonds. The zero-order valence-electron chi connectivity index (χ0n) is 17.7. The van der Waals surface area contributed by atoms with E-state index in [-0.39, 0.29) is 18.1 Å². The molecular weight excluding hydrogens is 380 g/mol. The van der Waals surface area contributed by atoms with Gasteiger partial charge in [0, 0.05) is 25.6 Å². The molecule has 154 valence electrons. The molecule has 3 aromatic rings. The van der Waals surface area contributed by atoms with Crippen LogP contribution < -0.4 is 0 Å². The van der Waals surface area contributed by atoms with Crippen LogP contribution in [0.4, 0.5) is 0 Å². The largest absolute Gasteiger partial charge is 0.296 e. The number of carbonyl (C=O) groups excluding carboxylic acids is 1. The third-order valence-corrected chi connectivity index (χ3v) is 5.57. The average molecular weight is 408 g/mol. The van der Waals surface area contributed by atoms with Gasteiger partial charge in [0.1, 0.15) is 0 Å². The van der Waals surface area contributed by atoms with Crippen LogP contribution in [0, 0.1) is 0 Å². The second-order valence-corrected chi connectivity index (χ2v) is 7.70. The van der Waals surface area contributed by atoms with E-state index in [1.54, 1.807) is 0 Å². The van der Waals surface area contributed by atoms with E-state index in [2.05, 4.69) is 59.2 Å². The molecule has 0 unspecified atom stereocenters. The molecule has 0 radical (unpaired) electrons. The number of carbonyl (C=O) groups is 1. The number of hydrogen-bond acceptors (Lipinski definition) is 1. The molecule has 4 rings (SSSR count). The molecule has 3 aromatic carbocycles. The first-order valence-corrected chi connectivity index (χ1v) is 10.6. The SMILES string of the molecule is CN1C(=O)[C@H](Cc2ccccc2)/[N+](=C\C=C\c2ccccc2)[C@@H]1/C=C/c1ccccc1. The molecule has 0 N–H and O–H groups in total. The lowest BCUT2D eigenvalue weighted by Crippen LogP contribution is -2.31.